The maximum atomic E-state index is 12.3. The Morgan fingerprint density at radius 1 is 1.41 bits per heavy atom. The lowest BCUT2D eigenvalue weighted by atomic mass is 10.2. The van der Waals surface area contributed by atoms with Crippen LogP contribution >= 0.6 is 0 Å². The number of ether oxygens (including phenoxy) is 1. The molecule has 1 aromatic heterocycles. The number of hydrogen-bond donors (Lipinski definition) is 1. The minimum Gasteiger partial charge on any atom is -0.379 e. The third-order valence-electron chi connectivity index (χ3n) is 3.93. The highest BCUT2D eigenvalue weighted by Crippen LogP contribution is 2.14. The minimum absolute atomic E-state index is 0.0826. The van der Waals surface area contributed by atoms with E-state index < -0.39 is 0 Å². The van der Waals surface area contributed by atoms with Gasteiger partial charge in [0.2, 0.25) is 0 Å². The first-order valence-electron chi connectivity index (χ1n) is 7.71. The zero-order valence-electron chi connectivity index (χ0n) is 13.9. The molecule has 1 saturated heterocycles. The molecule has 124 valence electrons. The molecule has 7 heteroatoms. The van der Waals surface area contributed by atoms with Crippen LogP contribution in [0.25, 0.3) is 0 Å². The number of morpholine rings is 1. The molecule has 0 unspecified atom stereocenters. The van der Waals surface area contributed by atoms with Crippen LogP contribution in [0, 0.1) is 13.8 Å². The van der Waals surface area contributed by atoms with Crippen molar-refractivity contribution in [1.29, 1.82) is 0 Å². The first-order valence-corrected chi connectivity index (χ1v) is 7.71. The monoisotopic (exact) mass is 310 g/mol. The van der Waals surface area contributed by atoms with Gasteiger partial charge in [0.25, 0.3) is 0 Å². The second-order valence-electron chi connectivity index (χ2n) is 5.92. The zero-order chi connectivity index (χ0) is 16.1. The maximum absolute atomic E-state index is 12.3. The molecule has 1 N–H and O–H groups in total. The summed E-state index contributed by atoms with van der Waals surface area (Å²) in [5.74, 6) is 0.763. The number of amides is 2. The highest BCUT2D eigenvalue weighted by molar-refractivity contribution is 5.74. The van der Waals surface area contributed by atoms with Gasteiger partial charge >= 0.3 is 6.03 Å². The smallest absolute Gasteiger partial charge is 0.317 e. The highest BCUT2D eigenvalue weighted by atomic mass is 16.5. The van der Waals surface area contributed by atoms with E-state index in [1.807, 2.05) is 20.8 Å². The largest absolute Gasteiger partial charge is 0.379 e. The highest BCUT2D eigenvalue weighted by Gasteiger charge is 2.19. The van der Waals surface area contributed by atoms with Gasteiger partial charge in [0.15, 0.2) is 0 Å². The number of nitrogens with one attached hydrogen (secondary N) is 1. The number of aromatic nitrogens is 1. The fourth-order valence-corrected chi connectivity index (χ4v) is 2.57. The van der Waals surface area contributed by atoms with Gasteiger partial charge in [-0.25, -0.2) is 4.79 Å². The molecule has 1 atom stereocenters. The van der Waals surface area contributed by atoms with E-state index in [2.05, 4.69) is 15.4 Å². The van der Waals surface area contributed by atoms with E-state index in [1.165, 1.54) is 0 Å². The molecule has 2 rings (SSSR count). The quantitative estimate of drug-likeness (QED) is 0.883. The van der Waals surface area contributed by atoms with Crippen molar-refractivity contribution < 1.29 is 14.1 Å². The second kappa shape index (κ2) is 7.60. The summed E-state index contributed by atoms with van der Waals surface area (Å²) in [7, 11) is 1.78. The standard InChI is InChI=1S/C15H26N4O3/c1-11(9-19-5-7-21-8-6-19)16-15(20)18(4)10-14-12(2)17-22-13(14)3/h11H,5-10H2,1-4H3,(H,16,20)/t11-/m1/s1. The summed E-state index contributed by atoms with van der Waals surface area (Å²) in [6, 6.07) is 0.0125. The Labute approximate surface area is 131 Å². The van der Waals surface area contributed by atoms with Gasteiger partial charge in [-0.1, -0.05) is 5.16 Å². The Kier molecular flexibility index (Phi) is 5.79. The SMILES string of the molecule is Cc1noc(C)c1CN(C)C(=O)N[C@H](C)CN1CCOCC1. The van der Waals surface area contributed by atoms with Crippen molar-refractivity contribution in [3.63, 3.8) is 0 Å². The molecular formula is C15H26N4O3. The van der Waals surface area contributed by atoms with Crippen LogP contribution in [0.2, 0.25) is 0 Å². The topological polar surface area (TPSA) is 70.8 Å². The van der Waals surface area contributed by atoms with Gasteiger partial charge in [0, 0.05) is 38.3 Å². The summed E-state index contributed by atoms with van der Waals surface area (Å²) in [5.41, 5.74) is 1.80. The predicted octanol–water partition coefficient (Wildman–Crippen LogP) is 1.15. The molecular weight excluding hydrogens is 284 g/mol. The van der Waals surface area contributed by atoms with Crippen molar-refractivity contribution in [2.24, 2.45) is 0 Å². The van der Waals surface area contributed by atoms with Gasteiger partial charge in [-0.15, -0.1) is 0 Å². The van der Waals surface area contributed by atoms with Crippen LogP contribution in [-0.4, -0.2) is 66.9 Å². The van der Waals surface area contributed by atoms with E-state index >= 15 is 0 Å². The molecule has 1 aromatic rings. The van der Waals surface area contributed by atoms with Crippen molar-refractivity contribution in [2.45, 2.75) is 33.4 Å². The van der Waals surface area contributed by atoms with E-state index in [0.29, 0.717) is 6.54 Å². The van der Waals surface area contributed by atoms with Crippen LogP contribution in [0.15, 0.2) is 4.52 Å². The van der Waals surface area contributed by atoms with Crippen molar-refractivity contribution in [2.75, 3.05) is 39.9 Å². The van der Waals surface area contributed by atoms with Crippen molar-refractivity contribution in [3.05, 3.63) is 17.0 Å². The lowest BCUT2D eigenvalue weighted by Crippen LogP contribution is -2.48. The molecule has 0 spiro atoms. The first kappa shape index (κ1) is 16.8. The fraction of sp³-hybridized carbons (Fsp3) is 0.733. The van der Waals surface area contributed by atoms with E-state index in [9.17, 15) is 4.79 Å². The molecule has 0 radical (unpaired) electrons. The summed E-state index contributed by atoms with van der Waals surface area (Å²) < 4.78 is 10.5. The fourth-order valence-electron chi connectivity index (χ4n) is 2.57. The number of urea groups is 1. The predicted molar refractivity (Wildman–Crippen MR) is 82.7 cm³/mol. The molecule has 0 bridgehead atoms. The summed E-state index contributed by atoms with van der Waals surface area (Å²) in [6.45, 7) is 10.5. The summed E-state index contributed by atoms with van der Waals surface area (Å²) in [6.07, 6.45) is 0. The normalized spacial score (nSPS) is 17.3. The average Bonchev–Trinajstić information content (AvgIpc) is 2.80. The van der Waals surface area contributed by atoms with Crippen molar-refractivity contribution in [3.8, 4) is 0 Å². The zero-order valence-corrected chi connectivity index (χ0v) is 13.9. The third kappa shape index (κ3) is 4.45. The number of aryl methyl sites for hydroxylation is 2. The molecule has 0 aliphatic carbocycles. The minimum atomic E-state index is -0.0826. The van der Waals surface area contributed by atoms with Crippen LogP contribution in [0.3, 0.4) is 0 Å². The number of rotatable bonds is 5. The Morgan fingerprint density at radius 3 is 2.68 bits per heavy atom. The Morgan fingerprint density at radius 2 is 2.09 bits per heavy atom. The van der Waals surface area contributed by atoms with Crippen LogP contribution in [0.1, 0.15) is 23.9 Å². The average molecular weight is 310 g/mol. The Hall–Kier alpha value is -1.60. The molecule has 1 aliphatic rings. The van der Waals surface area contributed by atoms with Gasteiger partial charge in [-0.05, 0) is 20.8 Å². The van der Waals surface area contributed by atoms with Gasteiger partial charge in [0.05, 0.1) is 25.5 Å². The molecule has 1 fully saturated rings. The van der Waals surface area contributed by atoms with Gasteiger partial charge < -0.3 is 19.5 Å². The second-order valence-corrected chi connectivity index (χ2v) is 5.92. The van der Waals surface area contributed by atoms with Crippen LogP contribution < -0.4 is 5.32 Å². The lowest BCUT2D eigenvalue weighted by Gasteiger charge is -2.30. The van der Waals surface area contributed by atoms with Crippen molar-refractivity contribution >= 4 is 6.03 Å². The van der Waals surface area contributed by atoms with E-state index in [0.717, 1.165) is 49.9 Å². The lowest BCUT2D eigenvalue weighted by molar-refractivity contribution is 0.0347. The van der Waals surface area contributed by atoms with Gasteiger partial charge in [0.1, 0.15) is 5.76 Å². The molecule has 2 amide bonds. The Bertz CT molecular complexity index is 477. The van der Waals surface area contributed by atoms with Crippen LogP contribution in [-0.2, 0) is 11.3 Å². The summed E-state index contributed by atoms with van der Waals surface area (Å²) >= 11 is 0. The summed E-state index contributed by atoms with van der Waals surface area (Å²) in [4.78, 5) is 16.2. The summed E-state index contributed by atoms with van der Waals surface area (Å²) in [5, 5.41) is 6.95. The van der Waals surface area contributed by atoms with Gasteiger partial charge in [-0.3, -0.25) is 4.90 Å². The molecule has 2 heterocycles. The molecule has 22 heavy (non-hydrogen) atoms. The number of carbonyl (C=O) groups excluding carboxylic acids is 1. The maximum Gasteiger partial charge on any atom is 0.317 e. The van der Waals surface area contributed by atoms with Crippen molar-refractivity contribution in [1.82, 2.24) is 20.3 Å². The molecule has 7 nitrogen and oxygen atoms in total. The number of nitrogens with zero attached hydrogens (tertiary/aromatic N) is 3. The van der Waals surface area contributed by atoms with E-state index in [1.54, 1.807) is 11.9 Å². The first-order chi connectivity index (χ1) is 10.5. The van der Waals surface area contributed by atoms with E-state index in [-0.39, 0.29) is 12.1 Å². The molecule has 0 aromatic carbocycles. The van der Waals surface area contributed by atoms with Crippen LogP contribution in [0.5, 0.6) is 0 Å². The number of carbonyl (C=O) groups is 1. The van der Waals surface area contributed by atoms with Crippen LogP contribution in [0.4, 0.5) is 4.79 Å². The van der Waals surface area contributed by atoms with Gasteiger partial charge in [-0.2, -0.15) is 0 Å². The third-order valence-corrected chi connectivity index (χ3v) is 3.93. The van der Waals surface area contributed by atoms with E-state index in [4.69, 9.17) is 9.26 Å². The number of hydrogen-bond acceptors (Lipinski definition) is 5. The molecule has 0 saturated carbocycles. The molecule has 1 aliphatic heterocycles. The Balaban J connectivity index is 1.80.